The Morgan fingerprint density at radius 2 is 1.58 bits per heavy atom. The Hall–Kier alpha value is -4.96. The van der Waals surface area contributed by atoms with E-state index in [2.05, 4.69) is 21.3 Å². The largest absolute Gasteiger partial charge is 0.487 e. The highest BCUT2D eigenvalue weighted by molar-refractivity contribution is 5.95. The first kappa shape index (κ1) is 34.4. The van der Waals surface area contributed by atoms with Gasteiger partial charge in [-0.25, -0.2) is 0 Å². The molecule has 4 amide bonds. The molecule has 0 aliphatic carbocycles. The maximum atomic E-state index is 14.2. The third-order valence-electron chi connectivity index (χ3n) is 8.90. The SMILES string of the molecule is CN[C@@H](Cc1ccccc1)C(=O)N1CCC[C@H]1C(=O)N[C@@H]1C(=O)N[C@@H](Cc2ccccc2)C(=O)N/C=C\c2ccc(cc2)O[C@@H]1C(C)C. The van der Waals surface area contributed by atoms with Crippen LogP contribution in [0, 0.1) is 5.92 Å². The van der Waals surface area contributed by atoms with Crippen molar-refractivity contribution in [2.24, 2.45) is 5.92 Å². The molecule has 0 unspecified atom stereocenters. The molecule has 3 heterocycles. The minimum Gasteiger partial charge on any atom is -0.487 e. The number of nitrogens with one attached hydrogen (secondary N) is 4. The lowest BCUT2D eigenvalue weighted by Gasteiger charge is -2.34. The van der Waals surface area contributed by atoms with Crippen molar-refractivity contribution in [1.82, 2.24) is 26.2 Å². The van der Waals surface area contributed by atoms with Crippen molar-refractivity contribution in [3.05, 3.63) is 108 Å². The minimum atomic E-state index is -1.16. The first-order valence-electron chi connectivity index (χ1n) is 16.6. The van der Waals surface area contributed by atoms with E-state index in [1.165, 1.54) is 0 Å². The Labute approximate surface area is 282 Å². The second-order valence-corrected chi connectivity index (χ2v) is 12.7. The number of likely N-dealkylation sites (tertiary alicyclic amines) is 1. The fraction of sp³-hybridized carbons (Fsp3) is 0.368. The molecule has 3 aliphatic heterocycles. The molecule has 6 rings (SSSR count). The first-order chi connectivity index (χ1) is 23.2. The van der Waals surface area contributed by atoms with E-state index in [1.54, 1.807) is 36.4 Å². The van der Waals surface area contributed by atoms with Gasteiger partial charge in [-0.1, -0.05) is 86.6 Å². The predicted molar refractivity (Wildman–Crippen MR) is 185 cm³/mol. The van der Waals surface area contributed by atoms with Crippen molar-refractivity contribution in [3.8, 4) is 5.75 Å². The predicted octanol–water partition coefficient (Wildman–Crippen LogP) is 3.22. The molecule has 0 spiro atoms. The van der Waals surface area contributed by atoms with Gasteiger partial charge < -0.3 is 30.9 Å². The van der Waals surface area contributed by atoms with E-state index >= 15 is 0 Å². The zero-order valence-electron chi connectivity index (χ0n) is 27.7. The number of fused-ring (bicyclic) bond motifs is 10. The molecule has 2 bridgehead atoms. The molecule has 3 aliphatic rings. The molecule has 252 valence electrons. The number of hydrogen-bond acceptors (Lipinski definition) is 6. The monoisotopic (exact) mass is 651 g/mol. The van der Waals surface area contributed by atoms with Crippen LogP contribution in [0.3, 0.4) is 0 Å². The molecule has 0 saturated carbocycles. The van der Waals surface area contributed by atoms with Gasteiger partial charge in [-0.05, 0) is 67.1 Å². The molecule has 5 atom stereocenters. The first-order valence-corrected chi connectivity index (χ1v) is 16.6. The number of hydrogen-bond donors (Lipinski definition) is 4. The third kappa shape index (κ3) is 8.68. The highest BCUT2D eigenvalue weighted by atomic mass is 16.5. The molecule has 1 fully saturated rings. The standard InChI is InChI=1S/C38H45N5O5/c1-25(2)34-33(42-36(45)32-15-10-22-43(32)38(47)31(39-3)24-28-13-8-5-9-14-28)37(46)41-30(23-27-11-6-4-7-12-27)35(44)40-21-20-26-16-18-29(48-34)19-17-26/h4-9,11-14,16-21,25,30-34,39H,10,15,22-24H2,1-3H3,(H,40,44)(H,41,46)(H,42,45)/b21-20-/t30-,31-,32-,33-,34+/m0/s1. The molecule has 0 radical (unpaired) electrons. The fourth-order valence-corrected chi connectivity index (χ4v) is 6.26. The zero-order chi connectivity index (χ0) is 34.0. The van der Waals surface area contributed by atoms with Gasteiger partial charge in [-0.3, -0.25) is 19.2 Å². The second-order valence-electron chi connectivity index (χ2n) is 12.7. The fourth-order valence-electron chi connectivity index (χ4n) is 6.26. The molecular formula is C38H45N5O5. The van der Waals surface area contributed by atoms with Crippen LogP contribution in [0.15, 0.2) is 91.1 Å². The Bertz CT molecular complexity index is 1580. The van der Waals surface area contributed by atoms with E-state index in [1.807, 2.05) is 86.6 Å². The van der Waals surface area contributed by atoms with E-state index in [-0.39, 0.29) is 18.2 Å². The number of rotatable bonds is 9. The normalized spacial score (nSPS) is 22.6. The third-order valence-corrected chi connectivity index (χ3v) is 8.90. The molecule has 0 aromatic heterocycles. The van der Waals surface area contributed by atoms with Gasteiger partial charge in [-0.15, -0.1) is 0 Å². The molecule has 3 aromatic carbocycles. The van der Waals surface area contributed by atoms with Gasteiger partial charge in [0.05, 0.1) is 6.04 Å². The van der Waals surface area contributed by atoms with Gasteiger partial charge in [0, 0.05) is 19.2 Å². The van der Waals surface area contributed by atoms with E-state index in [0.717, 1.165) is 16.7 Å². The molecule has 10 nitrogen and oxygen atoms in total. The number of carbonyl (C=O) groups excluding carboxylic acids is 4. The summed E-state index contributed by atoms with van der Waals surface area (Å²) < 4.78 is 6.41. The van der Waals surface area contributed by atoms with E-state index in [4.69, 9.17) is 4.74 Å². The summed E-state index contributed by atoms with van der Waals surface area (Å²) in [5.74, 6) is -1.23. The summed E-state index contributed by atoms with van der Waals surface area (Å²) in [6, 6.07) is 23.1. The van der Waals surface area contributed by atoms with Crippen molar-refractivity contribution < 1.29 is 23.9 Å². The molecule has 48 heavy (non-hydrogen) atoms. The smallest absolute Gasteiger partial charge is 0.247 e. The van der Waals surface area contributed by atoms with Crippen LogP contribution in [0.25, 0.3) is 6.08 Å². The van der Waals surface area contributed by atoms with Crippen LogP contribution in [-0.2, 0) is 32.0 Å². The summed E-state index contributed by atoms with van der Waals surface area (Å²) in [6.07, 6.45) is 4.38. The van der Waals surface area contributed by atoms with Gasteiger partial charge in [0.1, 0.15) is 30.0 Å². The van der Waals surface area contributed by atoms with Crippen molar-refractivity contribution >= 4 is 29.7 Å². The van der Waals surface area contributed by atoms with Crippen LogP contribution in [0.5, 0.6) is 5.75 Å². The van der Waals surface area contributed by atoms with Crippen LogP contribution in [0.4, 0.5) is 0 Å². The average molecular weight is 652 g/mol. The molecule has 1 saturated heterocycles. The lowest BCUT2D eigenvalue weighted by Crippen LogP contribution is -2.62. The number of likely N-dealkylation sites (N-methyl/N-ethyl adjacent to an activating group) is 1. The van der Waals surface area contributed by atoms with Crippen LogP contribution in [0.2, 0.25) is 0 Å². The lowest BCUT2D eigenvalue weighted by molar-refractivity contribution is -0.142. The van der Waals surface area contributed by atoms with Crippen LogP contribution < -0.4 is 26.0 Å². The molecular weight excluding hydrogens is 606 g/mol. The van der Waals surface area contributed by atoms with E-state index in [0.29, 0.717) is 31.6 Å². The number of amides is 4. The van der Waals surface area contributed by atoms with Crippen LogP contribution in [-0.4, -0.2) is 72.4 Å². The van der Waals surface area contributed by atoms with Gasteiger partial charge in [0.2, 0.25) is 23.6 Å². The molecule has 4 N–H and O–H groups in total. The van der Waals surface area contributed by atoms with E-state index < -0.39 is 48.0 Å². The van der Waals surface area contributed by atoms with Gasteiger partial charge in [0.25, 0.3) is 0 Å². The number of benzene rings is 3. The maximum Gasteiger partial charge on any atom is 0.247 e. The van der Waals surface area contributed by atoms with Crippen molar-refractivity contribution in [1.29, 1.82) is 0 Å². The quantitative estimate of drug-likeness (QED) is 0.281. The topological polar surface area (TPSA) is 129 Å². The Balaban J connectivity index is 1.42. The molecule has 10 heteroatoms. The van der Waals surface area contributed by atoms with Crippen LogP contribution in [0.1, 0.15) is 43.4 Å². The lowest BCUT2D eigenvalue weighted by atomic mass is 9.96. The Kier molecular flexibility index (Phi) is 11.6. The minimum absolute atomic E-state index is 0.168. The highest BCUT2D eigenvalue weighted by Crippen LogP contribution is 2.23. The van der Waals surface area contributed by atoms with E-state index in [9.17, 15) is 19.2 Å². The second kappa shape index (κ2) is 16.2. The van der Waals surface area contributed by atoms with Gasteiger partial charge >= 0.3 is 0 Å². The summed E-state index contributed by atoms with van der Waals surface area (Å²) in [5, 5.41) is 11.8. The highest BCUT2D eigenvalue weighted by Gasteiger charge is 2.41. The zero-order valence-corrected chi connectivity index (χ0v) is 27.7. The summed E-state index contributed by atoms with van der Waals surface area (Å²) in [4.78, 5) is 57.2. The summed E-state index contributed by atoms with van der Waals surface area (Å²) in [7, 11) is 1.74. The number of carbonyl (C=O) groups is 4. The molecule has 3 aromatic rings. The summed E-state index contributed by atoms with van der Waals surface area (Å²) in [6.45, 7) is 4.26. The maximum absolute atomic E-state index is 14.2. The van der Waals surface area contributed by atoms with Crippen molar-refractivity contribution in [3.63, 3.8) is 0 Å². The van der Waals surface area contributed by atoms with Gasteiger partial charge in [-0.2, -0.15) is 0 Å². The summed E-state index contributed by atoms with van der Waals surface area (Å²) in [5.41, 5.74) is 2.73. The van der Waals surface area contributed by atoms with Crippen molar-refractivity contribution in [2.45, 2.75) is 69.8 Å². The number of nitrogens with zero attached hydrogens (tertiary/aromatic N) is 1. The Morgan fingerprint density at radius 1 is 0.917 bits per heavy atom. The average Bonchev–Trinajstić information content (AvgIpc) is 3.59. The van der Waals surface area contributed by atoms with Crippen LogP contribution >= 0.6 is 0 Å². The van der Waals surface area contributed by atoms with Gasteiger partial charge in [0.15, 0.2) is 0 Å². The number of ether oxygens (including phenoxy) is 1. The van der Waals surface area contributed by atoms with Crippen molar-refractivity contribution in [2.75, 3.05) is 13.6 Å². The Morgan fingerprint density at radius 3 is 2.23 bits per heavy atom. The summed E-state index contributed by atoms with van der Waals surface area (Å²) >= 11 is 0.